The Balaban J connectivity index is 1.83. The molecule has 1 N–H and O–H groups in total. The maximum Gasteiger partial charge on any atom is 0.323 e. The fourth-order valence-electron chi connectivity index (χ4n) is 2.40. The number of rotatable bonds is 2. The molecule has 1 atom stereocenters. The van der Waals surface area contributed by atoms with Crippen molar-refractivity contribution < 1.29 is 9.18 Å². The van der Waals surface area contributed by atoms with E-state index in [0.717, 1.165) is 11.3 Å². The zero-order valence-corrected chi connectivity index (χ0v) is 14.3. The SMILES string of the molecule is O=C(Nc1ccccc1F)N1CCSC1c1cccc(Cl)c1Cl. The van der Waals surface area contributed by atoms with Crippen LogP contribution in [0.3, 0.4) is 0 Å². The maximum absolute atomic E-state index is 13.7. The van der Waals surface area contributed by atoms with E-state index in [1.165, 1.54) is 12.1 Å². The van der Waals surface area contributed by atoms with Crippen LogP contribution < -0.4 is 5.32 Å². The van der Waals surface area contributed by atoms with Crippen molar-refractivity contribution >= 4 is 46.7 Å². The van der Waals surface area contributed by atoms with E-state index in [0.29, 0.717) is 16.6 Å². The van der Waals surface area contributed by atoms with Gasteiger partial charge in [0.15, 0.2) is 0 Å². The molecule has 0 radical (unpaired) electrons. The number of anilines is 1. The molecule has 2 aromatic carbocycles. The Morgan fingerprint density at radius 1 is 1.22 bits per heavy atom. The first kappa shape index (κ1) is 16.4. The number of nitrogens with one attached hydrogen (secondary N) is 1. The normalized spacial score (nSPS) is 17.3. The second kappa shape index (κ2) is 6.99. The Kier molecular flexibility index (Phi) is 4.99. The van der Waals surface area contributed by atoms with E-state index in [9.17, 15) is 9.18 Å². The largest absolute Gasteiger partial charge is 0.323 e. The van der Waals surface area contributed by atoms with Gasteiger partial charge in [0.1, 0.15) is 11.2 Å². The van der Waals surface area contributed by atoms with Gasteiger partial charge in [0.05, 0.1) is 15.7 Å². The lowest BCUT2D eigenvalue weighted by molar-refractivity contribution is 0.214. The van der Waals surface area contributed by atoms with Crippen LogP contribution in [0.15, 0.2) is 42.5 Å². The van der Waals surface area contributed by atoms with E-state index in [4.69, 9.17) is 23.2 Å². The molecule has 2 aromatic rings. The average Bonchev–Trinajstić information content (AvgIpc) is 3.02. The first-order valence-electron chi connectivity index (χ1n) is 6.95. The molecular weight excluding hydrogens is 358 g/mol. The number of urea groups is 1. The molecule has 1 aliphatic heterocycles. The zero-order chi connectivity index (χ0) is 16.4. The van der Waals surface area contributed by atoms with Crippen molar-refractivity contribution in [1.29, 1.82) is 0 Å². The fourth-order valence-corrected chi connectivity index (χ4v) is 4.15. The van der Waals surface area contributed by atoms with E-state index in [-0.39, 0.29) is 17.1 Å². The van der Waals surface area contributed by atoms with Crippen LogP contribution in [-0.4, -0.2) is 23.2 Å². The standard InChI is InChI=1S/C16H13Cl2FN2OS/c17-11-5-3-4-10(14(11)18)15-21(8-9-23-15)16(22)20-13-7-2-1-6-12(13)19/h1-7,15H,8-9H2,(H,20,22). The van der Waals surface area contributed by atoms with Crippen molar-refractivity contribution in [2.75, 3.05) is 17.6 Å². The van der Waals surface area contributed by atoms with Gasteiger partial charge in [0, 0.05) is 17.9 Å². The Morgan fingerprint density at radius 2 is 2.00 bits per heavy atom. The molecule has 1 aliphatic rings. The number of hydrogen-bond acceptors (Lipinski definition) is 2. The minimum absolute atomic E-state index is 0.158. The van der Waals surface area contributed by atoms with Crippen LogP contribution in [0.4, 0.5) is 14.9 Å². The third-order valence-electron chi connectivity index (χ3n) is 3.51. The molecule has 3 nitrogen and oxygen atoms in total. The van der Waals surface area contributed by atoms with E-state index in [2.05, 4.69) is 5.32 Å². The quantitative estimate of drug-likeness (QED) is 0.765. The number of para-hydroxylation sites is 1. The van der Waals surface area contributed by atoms with Gasteiger partial charge in [0.2, 0.25) is 0 Å². The number of hydrogen-bond donors (Lipinski definition) is 1. The number of nitrogens with zero attached hydrogens (tertiary/aromatic N) is 1. The highest BCUT2D eigenvalue weighted by Gasteiger charge is 2.32. The van der Waals surface area contributed by atoms with Crippen molar-refractivity contribution in [3.05, 3.63) is 63.9 Å². The van der Waals surface area contributed by atoms with E-state index < -0.39 is 5.82 Å². The highest BCUT2D eigenvalue weighted by Crippen LogP contribution is 2.42. The molecule has 0 aliphatic carbocycles. The van der Waals surface area contributed by atoms with Gasteiger partial charge in [-0.25, -0.2) is 9.18 Å². The van der Waals surface area contributed by atoms with E-state index in [1.807, 2.05) is 6.07 Å². The molecule has 7 heteroatoms. The zero-order valence-electron chi connectivity index (χ0n) is 11.9. The Morgan fingerprint density at radius 3 is 2.78 bits per heavy atom. The minimum atomic E-state index is -0.468. The molecule has 1 fully saturated rings. The van der Waals surface area contributed by atoms with Crippen LogP contribution in [0, 0.1) is 5.82 Å². The molecule has 1 heterocycles. The molecule has 0 bridgehead atoms. The molecular formula is C16H13Cl2FN2OS. The molecule has 2 amide bonds. The van der Waals surface area contributed by atoms with Crippen LogP contribution in [0.5, 0.6) is 0 Å². The summed E-state index contributed by atoms with van der Waals surface area (Å²) in [5.41, 5.74) is 0.940. The van der Waals surface area contributed by atoms with Gasteiger partial charge in [-0.1, -0.05) is 47.5 Å². The Labute approximate surface area is 147 Å². The smallest absolute Gasteiger partial charge is 0.308 e. The summed E-state index contributed by atoms with van der Waals surface area (Å²) in [7, 11) is 0. The third-order valence-corrected chi connectivity index (χ3v) is 5.59. The van der Waals surface area contributed by atoms with Gasteiger partial charge in [0.25, 0.3) is 0 Å². The van der Waals surface area contributed by atoms with Gasteiger partial charge in [-0.15, -0.1) is 11.8 Å². The number of carbonyl (C=O) groups is 1. The number of benzene rings is 2. The second-order valence-corrected chi connectivity index (χ2v) is 6.94. The fraction of sp³-hybridized carbons (Fsp3) is 0.188. The predicted molar refractivity (Wildman–Crippen MR) is 93.8 cm³/mol. The Bertz CT molecular complexity index is 744. The van der Waals surface area contributed by atoms with Crippen LogP contribution in [0.2, 0.25) is 10.0 Å². The lowest BCUT2D eigenvalue weighted by Gasteiger charge is -2.25. The molecule has 1 saturated heterocycles. The molecule has 1 unspecified atom stereocenters. The first-order valence-corrected chi connectivity index (χ1v) is 8.76. The summed E-state index contributed by atoms with van der Waals surface area (Å²) in [5, 5.41) is 3.26. The highest BCUT2D eigenvalue weighted by molar-refractivity contribution is 7.99. The van der Waals surface area contributed by atoms with E-state index in [1.54, 1.807) is 40.9 Å². The molecule has 0 aromatic heterocycles. The van der Waals surface area contributed by atoms with Crippen molar-refractivity contribution in [2.24, 2.45) is 0 Å². The van der Waals surface area contributed by atoms with Crippen LogP contribution in [0.1, 0.15) is 10.9 Å². The molecule has 0 saturated carbocycles. The molecule has 23 heavy (non-hydrogen) atoms. The number of thioether (sulfide) groups is 1. The van der Waals surface area contributed by atoms with Gasteiger partial charge >= 0.3 is 6.03 Å². The van der Waals surface area contributed by atoms with Crippen molar-refractivity contribution in [3.8, 4) is 0 Å². The first-order chi connectivity index (χ1) is 11.1. The molecule has 3 rings (SSSR count). The molecule has 0 spiro atoms. The van der Waals surface area contributed by atoms with Crippen LogP contribution in [-0.2, 0) is 0 Å². The van der Waals surface area contributed by atoms with Crippen molar-refractivity contribution in [2.45, 2.75) is 5.37 Å². The predicted octanol–water partition coefficient (Wildman–Crippen LogP) is 5.41. The number of halogens is 3. The van der Waals surface area contributed by atoms with Gasteiger partial charge in [-0.3, -0.25) is 0 Å². The van der Waals surface area contributed by atoms with Crippen LogP contribution in [0.25, 0.3) is 0 Å². The Hall–Kier alpha value is -1.43. The monoisotopic (exact) mass is 370 g/mol. The highest BCUT2D eigenvalue weighted by atomic mass is 35.5. The lowest BCUT2D eigenvalue weighted by Crippen LogP contribution is -2.34. The third kappa shape index (κ3) is 3.42. The van der Waals surface area contributed by atoms with Crippen molar-refractivity contribution in [1.82, 2.24) is 4.90 Å². The maximum atomic E-state index is 13.7. The minimum Gasteiger partial charge on any atom is -0.308 e. The van der Waals surface area contributed by atoms with Gasteiger partial charge in [-0.05, 0) is 18.2 Å². The summed E-state index contributed by atoms with van der Waals surface area (Å²) in [6.45, 7) is 0.554. The van der Waals surface area contributed by atoms with Gasteiger partial charge < -0.3 is 10.2 Å². The summed E-state index contributed by atoms with van der Waals surface area (Å²) in [6.07, 6.45) is 0. The van der Waals surface area contributed by atoms with E-state index >= 15 is 0 Å². The summed E-state index contributed by atoms with van der Waals surface area (Å²) in [4.78, 5) is 14.1. The lowest BCUT2D eigenvalue weighted by atomic mass is 10.2. The molecule has 120 valence electrons. The topological polar surface area (TPSA) is 32.3 Å². The number of amides is 2. The van der Waals surface area contributed by atoms with Gasteiger partial charge in [-0.2, -0.15) is 0 Å². The summed E-state index contributed by atoms with van der Waals surface area (Å²) in [6, 6.07) is 11.1. The average molecular weight is 371 g/mol. The summed E-state index contributed by atoms with van der Waals surface area (Å²) >= 11 is 13.9. The number of carbonyl (C=O) groups excluding carboxylic acids is 1. The summed E-state index contributed by atoms with van der Waals surface area (Å²) in [5.74, 6) is 0.308. The summed E-state index contributed by atoms with van der Waals surface area (Å²) < 4.78 is 13.7. The van der Waals surface area contributed by atoms with Crippen molar-refractivity contribution in [3.63, 3.8) is 0 Å². The van der Waals surface area contributed by atoms with Crippen LogP contribution >= 0.6 is 35.0 Å². The second-order valence-electron chi connectivity index (χ2n) is 4.97.